The fraction of sp³-hybridized carbons (Fsp3) is 0. The first-order valence-corrected chi connectivity index (χ1v) is 3.56. The van der Waals surface area contributed by atoms with Crippen molar-refractivity contribution in [2.45, 2.75) is 0 Å². The van der Waals surface area contributed by atoms with Crippen LogP contribution in [0.1, 0.15) is 0 Å². The molecule has 1 N–H and O–H groups in total. The molecule has 0 atom stereocenters. The summed E-state index contributed by atoms with van der Waals surface area (Å²) in [6.45, 7) is 0. The predicted octanol–water partition coefficient (Wildman–Crippen LogP) is 2.05. The Labute approximate surface area is 69.3 Å². The Morgan fingerprint density at radius 2 is 2.08 bits per heavy atom. The van der Waals surface area contributed by atoms with Crippen molar-refractivity contribution < 1.29 is 9.52 Å². The van der Waals surface area contributed by atoms with Crippen molar-refractivity contribution in [1.29, 1.82) is 0 Å². The molecule has 3 heteroatoms. The standard InChI is InChI=1S/C9H7NO2/c11-8-4-2-1-3-7(8)9-10-5-6-12-9/h1-6,11H. The van der Waals surface area contributed by atoms with Gasteiger partial charge >= 0.3 is 0 Å². The molecular formula is C9H7NO2. The zero-order valence-electron chi connectivity index (χ0n) is 6.27. The van der Waals surface area contributed by atoms with Crippen molar-refractivity contribution in [3.63, 3.8) is 0 Å². The summed E-state index contributed by atoms with van der Waals surface area (Å²) < 4.78 is 5.03. The highest BCUT2D eigenvalue weighted by atomic mass is 16.3. The third-order valence-electron chi connectivity index (χ3n) is 1.57. The van der Waals surface area contributed by atoms with E-state index in [1.165, 1.54) is 6.26 Å². The first-order valence-electron chi connectivity index (χ1n) is 3.56. The third-order valence-corrected chi connectivity index (χ3v) is 1.57. The van der Waals surface area contributed by atoms with E-state index in [0.717, 1.165) is 0 Å². The summed E-state index contributed by atoms with van der Waals surface area (Å²) in [4.78, 5) is 3.92. The number of oxazole rings is 1. The molecule has 0 aliphatic carbocycles. The van der Waals surface area contributed by atoms with Gasteiger partial charge < -0.3 is 9.52 Å². The minimum Gasteiger partial charge on any atom is -0.507 e. The lowest BCUT2D eigenvalue weighted by Crippen LogP contribution is -1.76. The summed E-state index contributed by atoms with van der Waals surface area (Å²) in [6, 6.07) is 6.92. The largest absolute Gasteiger partial charge is 0.507 e. The number of phenols is 1. The van der Waals surface area contributed by atoms with Gasteiger partial charge in [0, 0.05) is 0 Å². The van der Waals surface area contributed by atoms with Crippen molar-refractivity contribution in [2.75, 3.05) is 0 Å². The van der Waals surface area contributed by atoms with Crippen LogP contribution >= 0.6 is 0 Å². The third kappa shape index (κ3) is 1.05. The summed E-state index contributed by atoms with van der Waals surface area (Å²) in [5.41, 5.74) is 0.613. The molecule has 0 aliphatic heterocycles. The second-order valence-electron chi connectivity index (χ2n) is 2.35. The van der Waals surface area contributed by atoms with Crippen LogP contribution in [0.5, 0.6) is 5.75 Å². The minimum absolute atomic E-state index is 0.181. The summed E-state index contributed by atoms with van der Waals surface area (Å²) in [5.74, 6) is 0.619. The number of phenolic OH excluding ortho intramolecular Hbond substituents is 1. The van der Waals surface area contributed by atoms with E-state index in [0.29, 0.717) is 11.5 Å². The van der Waals surface area contributed by atoms with Crippen LogP contribution in [0.4, 0.5) is 0 Å². The zero-order valence-corrected chi connectivity index (χ0v) is 6.27. The van der Waals surface area contributed by atoms with Gasteiger partial charge in [0.1, 0.15) is 12.0 Å². The highest BCUT2D eigenvalue weighted by Crippen LogP contribution is 2.26. The Bertz CT molecular complexity index is 368. The minimum atomic E-state index is 0.181. The summed E-state index contributed by atoms with van der Waals surface area (Å²) in [5, 5.41) is 9.38. The van der Waals surface area contributed by atoms with Crippen LogP contribution in [0.25, 0.3) is 11.5 Å². The molecular weight excluding hydrogens is 154 g/mol. The summed E-state index contributed by atoms with van der Waals surface area (Å²) in [7, 11) is 0. The van der Waals surface area contributed by atoms with Crippen LogP contribution in [0, 0.1) is 0 Å². The van der Waals surface area contributed by atoms with Gasteiger partial charge in [0.25, 0.3) is 0 Å². The van der Waals surface area contributed by atoms with E-state index in [1.54, 1.807) is 24.4 Å². The topological polar surface area (TPSA) is 46.3 Å². The Morgan fingerprint density at radius 1 is 1.25 bits per heavy atom. The van der Waals surface area contributed by atoms with Crippen molar-refractivity contribution in [2.24, 2.45) is 0 Å². The molecule has 1 heterocycles. The molecule has 2 rings (SSSR count). The molecule has 3 nitrogen and oxygen atoms in total. The molecule has 0 unspecified atom stereocenters. The molecule has 0 fully saturated rings. The fourth-order valence-electron chi connectivity index (χ4n) is 1.01. The van der Waals surface area contributed by atoms with E-state index < -0.39 is 0 Å². The van der Waals surface area contributed by atoms with Gasteiger partial charge in [0.15, 0.2) is 0 Å². The molecule has 2 aromatic rings. The van der Waals surface area contributed by atoms with E-state index in [2.05, 4.69) is 4.98 Å². The first-order chi connectivity index (χ1) is 5.88. The number of aromatic nitrogens is 1. The lowest BCUT2D eigenvalue weighted by Gasteiger charge is -1.97. The van der Waals surface area contributed by atoms with E-state index >= 15 is 0 Å². The zero-order chi connectivity index (χ0) is 8.39. The van der Waals surface area contributed by atoms with Crippen molar-refractivity contribution in [3.8, 4) is 17.2 Å². The Hall–Kier alpha value is -1.77. The van der Waals surface area contributed by atoms with E-state index in [-0.39, 0.29) is 5.75 Å². The average Bonchev–Trinajstić information content (AvgIpc) is 2.57. The molecule has 0 bridgehead atoms. The Balaban J connectivity index is 2.55. The average molecular weight is 161 g/mol. The molecule has 12 heavy (non-hydrogen) atoms. The van der Waals surface area contributed by atoms with Crippen molar-refractivity contribution in [1.82, 2.24) is 4.98 Å². The van der Waals surface area contributed by atoms with Gasteiger partial charge in [-0.1, -0.05) is 12.1 Å². The Kier molecular flexibility index (Phi) is 1.55. The second-order valence-corrected chi connectivity index (χ2v) is 2.35. The molecule has 0 aliphatic rings. The number of benzene rings is 1. The van der Waals surface area contributed by atoms with E-state index in [1.807, 2.05) is 6.07 Å². The van der Waals surface area contributed by atoms with Gasteiger partial charge in [-0.25, -0.2) is 4.98 Å². The number of rotatable bonds is 1. The lowest BCUT2D eigenvalue weighted by molar-refractivity contribution is 0.473. The summed E-state index contributed by atoms with van der Waals surface area (Å²) >= 11 is 0. The monoisotopic (exact) mass is 161 g/mol. The maximum Gasteiger partial charge on any atom is 0.229 e. The van der Waals surface area contributed by atoms with Crippen LogP contribution in [-0.2, 0) is 0 Å². The second kappa shape index (κ2) is 2.70. The van der Waals surface area contributed by atoms with Gasteiger partial charge in [-0.15, -0.1) is 0 Å². The normalized spacial score (nSPS) is 10.0. The smallest absolute Gasteiger partial charge is 0.229 e. The predicted molar refractivity (Wildman–Crippen MR) is 43.6 cm³/mol. The van der Waals surface area contributed by atoms with Gasteiger partial charge in [-0.05, 0) is 12.1 Å². The fourth-order valence-corrected chi connectivity index (χ4v) is 1.01. The summed E-state index contributed by atoms with van der Waals surface area (Å²) in [6.07, 6.45) is 3.02. The van der Waals surface area contributed by atoms with Crippen molar-refractivity contribution >= 4 is 0 Å². The molecule has 0 radical (unpaired) electrons. The van der Waals surface area contributed by atoms with Gasteiger partial charge in [-0.3, -0.25) is 0 Å². The maximum absolute atomic E-state index is 9.38. The number of hydrogen-bond donors (Lipinski definition) is 1. The van der Waals surface area contributed by atoms with Crippen LogP contribution in [0.15, 0.2) is 41.1 Å². The van der Waals surface area contributed by atoms with Crippen molar-refractivity contribution in [3.05, 3.63) is 36.7 Å². The number of nitrogens with zero attached hydrogens (tertiary/aromatic N) is 1. The van der Waals surface area contributed by atoms with Crippen LogP contribution in [0.3, 0.4) is 0 Å². The molecule has 1 aromatic heterocycles. The molecule has 0 saturated heterocycles. The van der Waals surface area contributed by atoms with Gasteiger partial charge in [0.05, 0.1) is 11.8 Å². The number of aromatic hydroxyl groups is 1. The number of hydrogen-bond acceptors (Lipinski definition) is 3. The molecule has 0 amide bonds. The molecule has 0 spiro atoms. The van der Waals surface area contributed by atoms with Crippen LogP contribution in [0.2, 0.25) is 0 Å². The lowest BCUT2D eigenvalue weighted by atomic mass is 10.2. The van der Waals surface area contributed by atoms with Gasteiger partial charge in [-0.2, -0.15) is 0 Å². The van der Waals surface area contributed by atoms with E-state index in [4.69, 9.17) is 4.42 Å². The quantitative estimate of drug-likeness (QED) is 0.696. The highest BCUT2D eigenvalue weighted by molar-refractivity contribution is 5.61. The molecule has 1 aromatic carbocycles. The van der Waals surface area contributed by atoms with Gasteiger partial charge in [0.2, 0.25) is 5.89 Å². The van der Waals surface area contributed by atoms with Crippen LogP contribution < -0.4 is 0 Å². The first kappa shape index (κ1) is 6.91. The molecule has 0 saturated carbocycles. The van der Waals surface area contributed by atoms with E-state index in [9.17, 15) is 5.11 Å². The highest BCUT2D eigenvalue weighted by Gasteiger charge is 2.05. The molecule has 60 valence electrons. The maximum atomic E-state index is 9.38. The SMILES string of the molecule is Oc1ccccc1-c1ncco1. The number of para-hydroxylation sites is 1. The van der Waals surface area contributed by atoms with Crippen LogP contribution in [-0.4, -0.2) is 10.1 Å². The Morgan fingerprint density at radius 3 is 2.75 bits per heavy atom.